The molecule has 0 heterocycles. The van der Waals surface area contributed by atoms with E-state index in [9.17, 15) is 4.79 Å². The molecule has 0 radical (unpaired) electrons. The normalized spacial score (nSPS) is 18.1. The standard InChI is InChI=1S/C10H16N2OS/c1-12(9(13)4-7-14-2)10(8-11)5-3-6-10/h3-7H2,1-2H3. The maximum atomic E-state index is 11.7. The highest BCUT2D eigenvalue weighted by atomic mass is 32.2. The second-order valence-electron chi connectivity index (χ2n) is 3.69. The predicted octanol–water partition coefficient (Wildman–Crippen LogP) is 1.64. The summed E-state index contributed by atoms with van der Waals surface area (Å²) in [6, 6.07) is 2.27. The van der Waals surface area contributed by atoms with Gasteiger partial charge in [-0.15, -0.1) is 0 Å². The Morgan fingerprint density at radius 2 is 2.29 bits per heavy atom. The van der Waals surface area contributed by atoms with Gasteiger partial charge >= 0.3 is 0 Å². The maximum Gasteiger partial charge on any atom is 0.224 e. The van der Waals surface area contributed by atoms with Crippen molar-refractivity contribution < 1.29 is 4.79 Å². The summed E-state index contributed by atoms with van der Waals surface area (Å²) in [6.07, 6.45) is 5.27. The van der Waals surface area contributed by atoms with Gasteiger partial charge in [-0.3, -0.25) is 4.79 Å². The van der Waals surface area contributed by atoms with Gasteiger partial charge in [-0.25, -0.2) is 0 Å². The zero-order valence-corrected chi connectivity index (χ0v) is 9.56. The van der Waals surface area contributed by atoms with Crippen LogP contribution < -0.4 is 0 Å². The minimum absolute atomic E-state index is 0.0978. The van der Waals surface area contributed by atoms with Crippen molar-refractivity contribution in [2.75, 3.05) is 19.1 Å². The average Bonchev–Trinajstić information content (AvgIpc) is 2.13. The first-order chi connectivity index (χ1) is 6.66. The number of rotatable bonds is 4. The van der Waals surface area contributed by atoms with Crippen LogP contribution in [0.5, 0.6) is 0 Å². The third-order valence-electron chi connectivity index (χ3n) is 2.93. The second kappa shape index (κ2) is 4.70. The minimum atomic E-state index is -0.477. The van der Waals surface area contributed by atoms with Gasteiger partial charge in [-0.1, -0.05) is 0 Å². The van der Waals surface area contributed by atoms with E-state index in [0.717, 1.165) is 25.0 Å². The molecule has 0 aromatic carbocycles. The summed E-state index contributed by atoms with van der Waals surface area (Å²) in [6.45, 7) is 0. The maximum absolute atomic E-state index is 11.7. The van der Waals surface area contributed by atoms with Crippen molar-refractivity contribution in [3.63, 3.8) is 0 Å². The number of amides is 1. The zero-order valence-electron chi connectivity index (χ0n) is 8.75. The molecule has 3 nitrogen and oxygen atoms in total. The molecule has 1 aliphatic rings. The summed E-state index contributed by atoms with van der Waals surface area (Å²) in [5, 5.41) is 9.03. The van der Waals surface area contributed by atoms with Crippen molar-refractivity contribution >= 4 is 17.7 Å². The predicted molar refractivity (Wildman–Crippen MR) is 58.0 cm³/mol. The van der Waals surface area contributed by atoms with E-state index in [4.69, 9.17) is 5.26 Å². The van der Waals surface area contributed by atoms with Gasteiger partial charge in [0.2, 0.25) is 5.91 Å². The quantitative estimate of drug-likeness (QED) is 0.711. The third-order valence-corrected chi connectivity index (χ3v) is 3.54. The number of hydrogen-bond donors (Lipinski definition) is 0. The number of hydrogen-bond acceptors (Lipinski definition) is 3. The van der Waals surface area contributed by atoms with Gasteiger partial charge in [-0.05, 0) is 25.5 Å². The molecule has 1 saturated carbocycles. The monoisotopic (exact) mass is 212 g/mol. The summed E-state index contributed by atoms with van der Waals surface area (Å²) in [5.41, 5.74) is -0.477. The lowest BCUT2D eigenvalue weighted by Gasteiger charge is -2.43. The highest BCUT2D eigenvalue weighted by Gasteiger charge is 2.42. The van der Waals surface area contributed by atoms with Gasteiger partial charge in [0, 0.05) is 19.2 Å². The van der Waals surface area contributed by atoms with E-state index < -0.39 is 5.54 Å². The van der Waals surface area contributed by atoms with Gasteiger partial charge in [-0.2, -0.15) is 17.0 Å². The largest absolute Gasteiger partial charge is 0.327 e. The molecule has 0 N–H and O–H groups in total. The van der Waals surface area contributed by atoms with Crippen molar-refractivity contribution in [3.05, 3.63) is 0 Å². The Kier molecular flexibility index (Phi) is 3.82. The molecule has 0 spiro atoms. The van der Waals surface area contributed by atoms with E-state index in [1.165, 1.54) is 0 Å². The van der Waals surface area contributed by atoms with E-state index >= 15 is 0 Å². The number of carbonyl (C=O) groups is 1. The van der Waals surface area contributed by atoms with Crippen LogP contribution in [0.2, 0.25) is 0 Å². The SMILES string of the molecule is CSCCC(=O)N(C)C1(C#N)CCC1. The van der Waals surface area contributed by atoms with E-state index in [0.29, 0.717) is 6.42 Å². The molecular weight excluding hydrogens is 196 g/mol. The second-order valence-corrected chi connectivity index (χ2v) is 4.68. The average molecular weight is 212 g/mol. The molecule has 1 fully saturated rings. The zero-order chi connectivity index (χ0) is 10.6. The number of nitrogens with zero attached hydrogens (tertiary/aromatic N) is 2. The van der Waals surface area contributed by atoms with Crippen LogP contribution in [0.3, 0.4) is 0 Å². The molecule has 0 unspecified atom stereocenters. The topological polar surface area (TPSA) is 44.1 Å². The van der Waals surface area contributed by atoms with Gasteiger partial charge in [0.25, 0.3) is 0 Å². The van der Waals surface area contributed by atoms with E-state index in [1.54, 1.807) is 23.7 Å². The van der Waals surface area contributed by atoms with E-state index in [-0.39, 0.29) is 5.91 Å². The summed E-state index contributed by atoms with van der Waals surface area (Å²) >= 11 is 1.66. The lowest BCUT2D eigenvalue weighted by molar-refractivity contribution is -0.135. The van der Waals surface area contributed by atoms with Gasteiger partial charge in [0.05, 0.1) is 6.07 Å². The van der Waals surface area contributed by atoms with Crippen LogP contribution in [0.4, 0.5) is 0 Å². The Morgan fingerprint density at radius 1 is 1.64 bits per heavy atom. The Morgan fingerprint density at radius 3 is 2.64 bits per heavy atom. The van der Waals surface area contributed by atoms with E-state index in [2.05, 4.69) is 6.07 Å². The van der Waals surface area contributed by atoms with Gasteiger partial charge in [0.15, 0.2) is 0 Å². The van der Waals surface area contributed by atoms with Crippen LogP contribution in [0.25, 0.3) is 0 Å². The first-order valence-corrected chi connectivity index (χ1v) is 6.22. The fraction of sp³-hybridized carbons (Fsp3) is 0.800. The molecule has 78 valence electrons. The fourth-order valence-electron chi connectivity index (χ4n) is 1.63. The highest BCUT2D eigenvalue weighted by molar-refractivity contribution is 7.98. The summed E-state index contributed by atoms with van der Waals surface area (Å²) < 4.78 is 0. The van der Waals surface area contributed by atoms with Gasteiger partial charge in [0.1, 0.15) is 5.54 Å². The Bertz CT molecular complexity index is 255. The molecule has 0 aliphatic heterocycles. The molecule has 14 heavy (non-hydrogen) atoms. The molecule has 4 heteroatoms. The van der Waals surface area contributed by atoms with E-state index in [1.807, 2.05) is 6.26 Å². The fourth-order valence-corrected chi connectivity index (χ4v) is 2.01. The first-order valence-electron chi connectivity index (χ1n) is 4.83. The minimum Gasteiger partial charge on any atom is -0.327 e. The van der Waals surface area contributed by atoms with Crippen LogP contribution in [0, 0.1) is 11.3 Å². The molecule has 1 amide bonds. The molecule has 0 saturated heterocycles. The van der Waals surface area contributed by atoms with Crippen molar-refractivity contribution in [3.8, 4) is 6.07 Å². The molecule has 0 aromatic rings. The highest BCUT2D eigenvalue weighted by Crippen LogP contribution is 2.36. The summed E-state index contributed by atoms with van der Waals surface area (Å²) in [4.78, 5) is 13.3. The van der Waals surface area contributed by atoms with Crippen LogP contribution in [0.1, 0.15) is 25.7 Å². The third kappa shape index (κ3) is 2.03. The summed E-state index contributed by atoms with van der Waals surface area (Å²) in [5.74, 6) is 0.936. The lowest BCUT2D eigenvalue weighted by atomic mass is 9.76. The van der Waals surface area contributed by atoms with Crippen LogP contribution in [0.15, 0.2) is 0 Å². The number of nitriles is 1. The first kappa shape index (κ1) is 11.4. The molecule has 1 aliphatic carbocycles. The summed E-state index contributed by atoms with van der Waals surface area (Å²) in [7, 11) is 1.76. The molecule has 0 aromatic heterocycles. The van der Waals surface area contributed by atoms with Crippen molar-refractivity contribution in [1.29, 1.82) is 5.26 Å². The Hall–Kier alpha value is -0.690. The van der Waals surface area contributed by atoms with Gasteiger partial charge < -0.3 is 4.90 Å². The molecule has 0 atom stereocenters. The molecule has 1 rings (SSSR count). The van der Waals surface area contributed by atoms with Crippen molar-refractivity contribution in [2.45, 2.75) is 31.2 Å². The smallest absolute Gasteiger partial charge is 0.224 e. The van der Waals surface area contributed by atoms with Crippen molar-refractivity contribution in [1.82, 2.24) is 4.90 Å². The van der Waals surface area contributed by atoms with Crippen LogP contribution >= 0.6 is 11.8 Å². The molecular formula is C10H16N2OS. The Balaban J connectivity index is 2.51. The molecule has 0 bridgehead atoms. The number of thioether (sulfide) groups is 1. The van der Waals surface area contributed by atoms with Crippen molar-refractivity contribution in [2.24, 2.45) is 0 Å². The van der Waals surface area contributed by atoms with Crippen LogP contribution in [-0.4, -0.2) is 35.4 Å². The Labute approximate surface area is 89.5 Å². The number of carbonyl (C=O) groups excluding carboxylic acids is 1. The lowest BCUT2D eigenvalue weighted by Crippen LogP contribution is -2.53. The van der Waals surface area contributed by atoms with Crippen LogP contribution in [-0.2, 0) is 4.79 Å².